The van der Waals surface area contributed by atoms with Crippen molar-refractivity contribution in [1.82, 2.24) is 9.80 Å². The van der Waals surface area contributed by atoms with Gasteiger partial charge in [-0.1, -0.05) is 43.3 Å². The van der Waals surface area contributed by atoms with Gasteiger partial charge in [0.25, 0.3) is 0 Å². The average Bonchev–Trinajstić information content (AvgIpc) is 3.02. The number of hydrogen-bond acceptors (Lipinski definition) is 2. The van der Waals surface area contributed by atoms with E-state index in [4.69, 9.17) is 0 Å². The van der Waals surface area contributed by atoms with Gasteiger partial charge in [-0.05, 0) is 61.5 Å². The van der Waals surface area contributed by atoms with Gasteiger partial charge in [0.1, 0.15) is 0 Å². The van der Waals surface area contributed by atoms with E-state index in [2.05, 4.69) is 58.9 Å². The van der Waals surface area contributed by atoms with E-state index in [1.54, 1.807) is 0 Å². The molecule has 3 aliphatic rings. The molecule has 2 fully saturated rings. The van der Waals surface area contributed by atoms with Crippen LogP contribution in [0.1, 0.15) is 31.7 Å². The molecule has 0 bridgehead atoms. The lowest BCUT2D eigenvalue weighted by molar-refractivity contribution is -0.144. The molecule has 2 heterocycles. The van der Waals surface area contributed by atoms with Crippen LogP contribution in [0.2, 0.25) is 0 Å². The molecule has 0 spiro atoms. The van der Waals surface area contributed by atoms with Crippen LogP contribution < -0.4 is 0 Å². The molecule has 0 saturated carbocycles. The summed E-state index contributed by atoms with van der Waals surface area (Å²) in [4.78, 5) is 17.9. The van der Waals surface area contributed by atoms with Crippen molar-refractivity contribution in [2.24, 2.45) is 11.8 Å². The molecule has 1 aromatic rings. The number of rotatable bonds is 5. The van der Waals surface area contributed by atoms with Crippen molar-refractivity contribution < 1.29 is 4.79 Å². The molecule has 1 amide bonds. The molecule has 3 unspecified atom stereocenters. The smallest absolute Gasteiger partial charge is 0.230 e. The van der Waals surface area contributed by atoms with Crippen LogP contribution >= 0.6 is 0 Å². The molecule has 3 nitrogen and oxygen atoms in total. The molecule has 3 heteroatoms. The molecule has 4 rings (SSSR count). The first-order valence-corrected chi connectivity index (χ1v) is 10.6. The summed E-state index contributed by atoms with van der Waals surface area (Å²) in [5.41, 5.74) is 5.54. The fourth-order valence-electron chi connectivity index (χ4n) is 4.90. The maximum Gasteiger partial charge on any atom is 0.230 e. The van der Waals surface area contributed by atoms with Crippen molar-refractivity contribution in [2.75, 3.05) is 19.6 Å². The van der Waals surface area contributed by atoms with E-state index < -0.39 is 0 Å². The summed E-state index contributed by atoms with van der Waals surface area (Å²) in [5, 5.41) is 0. The number of piperidine rings is 2. The summed E-state index contributed by atoms with van der Waals surface area (Å²) in [6, 6.07) is 11.1. The number of likely N-dealkylation sites (tertiary alicyclic amines) is 2. The molecule has 2 aliphatic heterocycles. The zero-order valence-electron chi connectivity index (χ0n) is 16.8. The molecule has 0 radical (unpaired) electrons. The van der Waals surface area contributed by atoms with Crippen molar-refractivity contribution in [3.63, 3.8) is 0 Å². The minimum Gasteiger partial charge on any atom is -0.309 e. The number of benzene rings is 1. The third kappa shape index (κ3) is 4.06. The largest absolute Gasteiger partial charge is 0.309 e. The van der Waals surface area contributed by atoms with Gasteiger partial charge in [0.2, 0.25) is 5.91 Å². The Morgan fingerprint density at radius 3 is 2.86 bits per heavy atom. The third-order valence-corrected chi connectivity index (χ3v) is 6.42. The van der Waals surface area contributed by atoms with Gasteiger partial charge < -0.3 is 9.80 Å². The predicted molar refractivity (Wildman–Crippen MR) is 114 cm³/mol. The number of nitrogens with zero attached hydrogens (tertiary/aromatic N) is 2. The van der Waals surface area contributed by atoms with Crippen LogP contribution in [0, 0.1) is 11.8 Å². The number of carbonyl (C=O) groups excluding carboxylic acids is 1. The number of allylic oxidation sites excluding steroid dienone is 4. The standard InChI is InChI=1S/C25H30N2O/c1-2-21-18-22-19-26(16-14-20-10-6-5-7-11-20)17-15-24(22)27(25(21)28)23-12-8-3-4-9-13-23/h3,5-13,21-22,24H,2,14-19H2,1H3. The van der Waals surface area contributed by atoms with Crippen LogP contribution in [0.3, 0.4) is 0 Å². The molecule has 0 N–H and O–H groups in total. The number of carbonyl (C=O) groups is 1. The van der Waals surface area contributed by atoms with Crippen LogP contribution in [-0.4, -0.2) is 41.4 Å². The highest BCUT2D eigenvalue weighted by Crippen LogP contribution is 2.38. The van der Waals surface area contributed by atoms with Crippen LogP contribution in [-0.2, 0) is 11.2 Å². The highest BCUT2D eigenvalue weighted by atomic mass is 16.2. The predicted octanol–water partition coefficient (Wildman–Crippen LogP) is 4.34. The highest BCUT2D eigenvalue weighted by Gasteiger charge is 2.44. The van der Waals surface area contributed by atoms with Crippen molar-refractivity contribution in [3.05, 3.63) is 77.7 Å². The second-order valence-corrected chi connectivity index (χ2v) is 8.15. The molecular formula is C25H30N2O. The summed E-state index contributed by atoms with van der Waals surface area (Å²) >= 11 is 0. The Morgan fingerprint density at radius 1 is 1.18 bits per heavy atom. The van der Waals surface area contributed by atoms with Crippen molar-refractivity contribution >= 4 is 5.91 Å². The zero-order chi connectivity index (χ0) is 19.3. The van der Waals surface area contributed by atoms with E-state index in [0.717, 1.165) is 51.0 Å². The van der Waals surface area contributed by atoms with E-state index >= 15 is 0 Å². The molecule has 2 saturated heterocycles. The van der Waals surface area contributed by atoms with Gasteiger partial charge in [-0.15, -0.1) is 5.73 Å². The van der Waals surface area contributed by atoms with Gasteiger partial charge in [0.15, 0.2) is 0 Å². The second-order valence-electron chi connectivity index (χ2n) is 8.15. The molecule has 146 valence electrons. The lowest BCUT2D eigenvalue weighted by atomic mass is 9.77. The first kappa shape index (κ1) is 19.0. The molecule has 1 aromatic carbocycles. The minimum absolute atomic E-state index is 0.143. The summed E-state index contributed by atoms with van der Waals surface area (Å²) in [7, 11) is 0. The van der Waals surface area contributed by atoms with Gasteiger partial charge >= 0.3 is 0 Å². The van der Waals surface area contributed by atoms with Crippen LogP contribution in [0.5, 0.6) is 0 Å². The van der Waals surface area contributed by atoms with Crippen LogP contribution in [0.25, 0.3) is 0 Å². The van der Waals surface area contributed by atoms with Crippen LogP contribution in [0.4, 0.5) is 0 Å². The number of hydrogen-bond donors (Lipinski definition) is 0. The average molecular weight is 375 g/mol. The second kappa shape index (κ2) is 8.77. The molecular weight excluding hydrogens is 344 g/mol. The first-order chi connectivity index (χ1) is 13.8. The van der Waals surface area contributed by atoms with Gasteiger partial charge in [-0.3, -0.25) is 4.79 Å². The van der Waals surface area contributed by atoms with E-state index in [9.17, 15) is 4.79 Å². The summed E-state index contributed by atoms with van der Waals surface area (Å²) in [6.45, 7) is 5.42. The van der Waals surface area contributed by atoms with E-state index in [-0.39, 0.29) is 5.92 Å². The van der Waals surface area contributed by atoms with Crippen molar-refractivity contribution in [3.8, 4) is 0 Å². The maximum atomic E-state index is 13.2. The van der Waals surface area contributed by atoms with E-state index in [0.29, 0.717) is 17.9 Å². The Bertz CT molecular complexity index is 816. The Balaban J connectivity index is 1.47. The Hall–Kier alpha value is -2.35. The molecule has 28 heavy (non-hydrogen) atoms. The first-order valence-electron chi connectivity index (χ1n) is 10.6. The van der Waals surface area contributed by atoms with Gasteiger partial charge in [-0.2, -0.15) is 0 Å². The topological polar surface area (TPSA) is 23.6 Å². The Kier molecular flexibility index (Phi) is 5.95. The summed E-state index contributed by atoms with van der Waals surface area (Å²) in [5.74, 6) is 1.01. The lowest BCUT2D eigenvalue weighted by Crippen LogP contribution is -2.58. The number of amides is 1. The number of fused-ring (bicyclic) bond motifs is 1. The quantitative estimate of drug-likeness (QED) is 0.716. The highest BCUT2D eigenvalue weighted by molar-refractivity contribution is 5.82. The maximum absolute atomic E-state index is 13.2. The SMILES string of the molecule is CCC1CC2CN(CCc3ccccc3)CCC2N(C2=CC=C=CC=C2)C1=O. The Morgan fingerprint density at radius 2 is 2.04 bits per heavy atom. The fourth-order valence-corrected chi connectivity index (χ4v) is 4.90. The van der Waals surface area contributed by atoms with Gasteiger partial charge in [-0.25, -0.2) is 0 Å². The summed E-state index contributed by atoms with van der Waals surface area (Å²) in [6.07, 6.45) is 14.0. The lowest BCUT2D eigenvalue weighted by Gasteiger charge is -2.49. The molecule has 1 aliphatic carbocycles. The van der Waals surface area contributed by atoms with Crippen molar-refractivity contribution in [2.45, 2.75) is 38.6 Å². The van der Waals surface area contributed by atoms with E-state index in [1.165, 1.54) is 5.56 Å². The minimum atomic E-state index is 0.143. The Labute approximate surface area is 168 Å². The normalized spacial score (nSPS) is 27.5. The van der Waals surface area contributed by atoms with Gasteiger partial charge in [0.05, 0.1) is 0 Å². The monoisotopic (exact) mass is 374 g/mol. The molecule has 0 aromatic heterocycles. The van der Waals surface area contributed by atoms with Crippen LogP contribution in [0.15, 0.2) is 72.1 Å². The third-order valence-electron chi connectivity index (χ3n) is 6.42. The van der Waals surface area contributed by atoms with E-state index in [1.807, 2.05) is 24.3 Å². The molecule has 3 atom stereocenters. The van der Waals surface area contributed by atoms with Gasteiger partial charge in [0, 0.05) is 37.3 Å². The fraction of sp³-hybridized carbons (Fsp3) is 0.440. The van der Waals surface area contributed by atoms with Crippen molar-refractivity contribution in [1.29, 1.82) is 0 Å². The zero-order valence-corrected chi connectivity index (χ0v) is 16.8. The summed E-state index contributed by atoms with van der Waals surface area (Å²) < 4.78 is 0.